The van der Waals surface area contributed by atoms with Crippen LogP contribution in [0.3, 0.4) is 0 Å². The standard InChI is InChI=1S/C25H26N2O4/c1-17(2)31-16-18-8-10-19(11-9-18)24(28)26-21-14-12-20(13-15-21)25(29)27-22-6-4-5-7-23(22)30-3/h4-15,17H,16H2,1-3H3,(H,26,28)(H,27,29). The van der Waals surface area contributed by atoms with Crippen LogP contribution in [0.2, 0.25) is 0 Å². The Bertz CT molecular complexity index is 1030. The number of ether oxygens (including phenoxy) is 2. The number of nitrogens with one attached hydrogen (secondary N) is 2. The molecule has 3 aromatic rings. The van der Waals surface area contributed by atoms with Gasteiger partial charge in [0.1, 0.15) is 5.75 Å². The van der Waals surface area contributed by atoms with E-state index >= 15 is 0 Å². The van der Waals surface area contributed by atoms with Crippen molar-refractivity contribution in [2.45, 2.75) is 26.6 Å². The van der Waals surface area contributed by atoms with Gasteiger partial charge >= 0.3 is 0 Å². The van der Waals surface area contributed by atoms with Gasteiger partial charge < -0.3 is 20.1 Å². The van der Waals surface area contributed by atoms with Crippen molar-refractivity contribution in [3.05, 3.63) is 89.5 Å². The maximum absolute atomic E-state index is 12.5. The van der Waals surface area contributed by atoms with Crippen LogP contribution in [0.5, 0.6) is 5.75 Å². The van der Waals surface area contributed by atoms with Crippen LogP contribution in [0.1, 0.15) is 40.1 Å². The van der Waals surface area contributed by atoms with Crippen molar-refractivity contribution in [3.8, 4) is 5.75 Å². The second-order valence-corrected chi connectivity index (χ2v) is 7.24. The third-order valence-electron chi connectivity index (χ3n) is 4.56. The van der Waals surface area contributed by atoms with Crippen LogP contribution in [0.4, 0.5) is 11.4 Å². The van der Waals surface area contributed by atoms with Gasteiger partial charge in [0.2, 0.25) is 0 Å². The zero-order valence-corrected chi connectivity index (χ0v) is 17.8. The number of carbonyl (C=O) groups excluding carboxylic acids is 2. The molecule has 3 aromatic carbocycles. The summed E-state index contributed by atoms with van der Waals surface area (Å²) in [5, 5.41) is 5.66. The predicted octanol–water partition coefficient (Wildman–Crippen LogP) is 5.12. The molecule has 0 unspecified atom stereocenters. The van der Waals surface area contributed by atoms with Gasteiger partial charge in [0.05, 0.1) is 25.5 Å². The molecule has 0 heterocycles. The van der Waals surface area contributed by atoms with E-state index in [-0.39, 0.29) is 17.9 Å². The van der Waals surface area contributed by atoms with Gasteiger partial charge in [-0.3, -0.25) is 9.59 Å². The lowest BCUT2D eigenvalue weighted by molar-refractivity contribution is 0.0657. The van der Waals surface area contributed by atoms with Gasteiger partial charge in [0.15, 0.2) is 0 Å². The smallest absolute Gasteiger partial charge is 0.255 e. The topological polar surface area (TPSA) is 76.7 Å². The Hall–Kier alpha value is -3.64. The lowest BCUT2D eigenvalue weighted by Gasteiger charge is -2.11. The summed E-state index contributed by atoms with van der Waals surface area (Å²) in [6.07, 6.45) is 0.155. The fourth-order valence-electron chi connectivity index (χ4n) is 2.87. The summed E-state index contributed by atoms with van der Waals surface area (Å²) in [7, 11) is 1.55. The maximum atomic E-state index is 12.5. The van der Waals surface area contributed by atoms with E-state index in [4.69, 9.17) is 9.47 Å². The number of para-hydroxylation sites is 2. The average Bonchev–Trinajstić information content (AvgIpc) is 2.78. The van der Waals surface area contributed by atoms with Gasteiger partial charge in [-0.1, -0.05) is 24.3 Å². The normalized spacial score (nSPS) is 10.6. The molecule has 0 saturated heterocycles. The Morgan fingerprint density at radius 3 is 2.00 bits per heavy atom. The number of methoxy groups -OCH3 is 1. The lowest BCUT2D eigenvalue weighted by Crippen LogP contribution is -2.14. The molecule has 31 heavy (non-hydrogen) atoms. The summed E-state index contributed by atoms with van der Waals surface area (Å²) >= 11 is 0. The van der Waals surface area contributed by atoms with Crippen molar-refractivity contribution >= 4 is 23.2 Å². The molecule has 0 fully saturated rings. The molecule has 2 N–H and O–H groups in total. The molecule has 0 saturated carbocycles. The first-order valence-corrected chi connectivity index (χ1v) is 10.0. The zero-order valence-electron chi connectivity index (χ0n) is 17.8. The second kappa shape index (κ2) is 10.4. The number of carbonyl (C=O) groups is 2. The van der Waals surface area contributed by atoms with E-state index in [9.17, 15) is 9.59 Å². The molecule has 0 aromatic heterocycles. The highest BCUT2D eigenvalue weighted by Crippen LogP contribution is 2.24. The SMILES string of the molecule is COc1ccccc1NC(=O)c1ccc(NC(=O)c2ccc(COC(C)C)cc2)cc1. The van der Waals surface area contributed by atoms with Crippen molar-refractivity contribution in [2.24, 2.45) is 0 Å². The van der Waals surface area contributed by atoms with E-state index in [1.165, 1.54) is 0 Å². The highest BCUT2D eigenvalue weighted by atomic mass is 16.5. The van der Waals surface area contributed by atoms with E-state index in [0.29, 0.717) is 34.9 Å². The minimum Gasteiger partial charge on any atom is -0.495 e. The number of benzene rings is 3. The van der Waals surface area contributed by atoms with E-state index in [1.54, 1.807) is 55.6 Å². The van der Waals surface area contributed by atoms with Gasteiger partial charge in [-0.15, -0.1) is 0 Å². The third kappa shape index (κ3) is 6.17. The molecule has 0 aliphatic heterocycles. The van der Waals surface area contributed by atoms with Crippen LogP contribution < -0.4 is 15.4 Å². The molecule has 6 heteroatoms. The summed E-state index contributed by atoms with van der Waals surface area (Å²) < 4.78 is 10.8. The first kappa shape index (κ1) is 22.1. The highest BCUT2D eigenvalue weighted by molar-refractivity contribution is 6.06. The van der Waals surface area contributed by atoms with E-state index in [0.717, 1.165) is 5.56 Å². The van der Waals surface area contributed by atoms with Gasteiger partial charge in [0, 0.05) is 16.8 Å². The van der Waals surface area contributed by atoms with Crippen LogP contribution >= 0.6 is 0 Å². The monoisotopic (exact) mass is 418 g/mol. The van der Waals surface area contributed by atoms with Crippen LogP contribution in [-0.2, 0) is 11.3 Å². The molecule has 2 amide bonds. The fraction of sp³-hybridized carbons (Fsp3) is 0.200. The summed E-state index contributed by atoms with van der Waals surface area (Å²) in [4.78, 5) is 25.0. The van der Waals surface area contributed by atoms with Crippen molar-refractivity contribution in [2.75, 3.05) is 17.7 Å². The number of hydrogen-bond donors (Lipinski definition) is 2. The molecule has 0 radical (unpaired) electrons. The Morgan fingerprint density at radius 2 is 1.39 bits per heavy atom. The predicted molar refractivity (Wildman–Crippen MR) is 122 cm³/mol. The van der Waals surface area contributed by atoms with Crippen LogP contribution in [0.25, 0.3) is 0 Å². The van der Waals surface area contributed by atoms with Gasteiger partial charge in [-0.25, -0.2) is 0 Å². The van der Waals surface area contributed by atoms with Crippen molar-refractivity contribution in [1.82, 2.24) is 0 Å². The van der Waals surface area contributed by atoms with E-state index < -0.39 is 0 Å². The first-order valence-electron chi connectivity index (χ1n) is 10.0. The summed E-state index contributed by atoms with van der Waals surface area (Å²) in [5.41, 5.74) is 3.22. The number of rotatable bonds is 8. The summed E-state index contributed by atoms with van der Waals surface area (Å²) in [6, 6.07) is 21.2. The number of anilines is 2. The molecule has 160 valence electrons. The molecular weight excluding hydrogens is 392 g/mol. The quantitative estimate of drug-likeness (QED) is 0.532. The van der Waals surface area contributed by atoms with Gasteiger partial charge in [-0.2, -0.15) is 0 Å². The van der Waals surface area contributed by atoms with Crippen LogP contribution in [0, 0.1) is 0 Å². The molecular formula is C25H26N2O4. The van der Waals surface area contributed by atoms with Gasteiger partial charge in [-0.05, 0) is 67.9 Å². The first-order chi connectivity index (χ1) is 15.0. The lowest BCUT2D eigenvalue weighted by atomic mass is 10.1. The average molecular weight is 418 g/mol. The Balaban J connectivity index is 1.59. The minimum absolute atomic E-state index is 0.155. The van der Waals surface area contributed by atoms with Gasteiger partial charge in [0.25, 0.3) is 11.8 Å². The molecule has 0 aliphatic carbocycles. The number of amides is 2. The zero-order chi connectivity index (χ0) is 22.2. The molecule has 0 aliphatic rings. The van der Waals surface area contributed by atoms with Crippen molar-refractivity contribution < 1.29 is 19.1 Å². The molecule has 3 rings (SSSR count). The Kier molecular flexibility index (Phi) is 7.40. The van der Waals surface area contributed by atoms with E-state index in [2.05, 4.69) is 10.6 Å². The molecule has 0 spiro atoms. The van der Waals surface area contributed by atoms with Crippen molar-refractivity contribution in [3.63, 3.8) is 0 Å². The molecule has 6 nitrogen and oxygen atoms in total. The summed E-state index contributed by atoms with van der Waals surface area (Å²) in [5.74, 6) is 0.102. The molecule has 0 atom stereocenters. The van der Waals surface area contributed by atoms with Crippen molar-refractivity contribution in [1.29, 1.82) is 0 Å². The molecule has 0 bridgehead atoms. The van der Waals surface area contributed by atoms with Crippen LogP contribution in [-0.4, -0.2) is 25.0 Å². The fourth-order valence-corrected chi connectivity index (χ4v) is 2.87. The van der Waals surface area contributed by atoms with Crippen LogP contribution in [0.15, 0.2) is 72.8 Å². The number of hydrogen-bond acceptors (Lipinski definition) is 4. The maximum Gasteiger partial charge on any atom is 0.255 e. The third-order valence-corrected chi connectivity index (χ3v) is 4.56. The Morgan fingerprint density at radius 1 is 0.806 bits per heavy atom. The largest absolute Gasteiger partial charge is 0.495 e. The summed E-state index contributed by atoms with van der Waals surface area (Å²) in [6.45, 7) is 4.47. The second-order valence-electron chi connectivity index (χ2n) is 7.24. The highest BCUT2D eigenvalue weighted by Gasteiger charge is 2.11. The van der Waals surface area contributed by atoms with E-state index in [1.807, 2.05) is 38.1 Å². The minimum atomic E-state index is -0.262. The Labute approximate surface area is 182 Å².